The van der Waals surface area contributed by atoms with E-state index in [1.807, 2.05) is 0 Å². The van der Waals surface area contributed by atoms with E-state index in [-0.39, 0.29) is 0 Å². The number of benzene rings is 1. The molecule has 1 N–H and O–H groups in total. The van der Waals surface area contributed by atoms with Crippen molar-refractivity contribution < 1.29 is 13.9 Å². The van der Waals surface area contributed by atoms with Crippen molar-refractivity contribution in [1.29, 1.82) is 0 Å². The van der Waals surface area contributed by atoms with E-state index in [0.29, 0.717) is 23.2 Å². The topological polar surface area (TPSA) is 33.1 Å². The first-order chi connectivity index (χ1) is 8.95. The highest BCUT2D eigenvalue weighted by molar-refractivity contribution is 5.35. The molecule has 0 fully saturated rings. The summed E-state index contributed by atoms with van der Waals surface area (Å²) in [7, 11) is 0. The van der Waals surface area contributed by atoms with Crippen molar-refractivity contribution in [3.63, 3.8) is 0 Å². The maximum atomic E-state index is 13.5. The molecular weight excluding hydrogens is 248 g/mol. The zero-order valence-electron chi connectivity index (χ0n) is 10.8. The Morgan fingerprint density at radius 3 is 2.42 bits per heavy atom. The van der Waals surface area contributed by atoms with E-state index < -0.39 is 17.2 Å². The molecule has 1 aromatic carbocycles. The highest BCUT2D eigenvalue weighted by Gasteiger charge is 2.31. The molecule has 0 aliphatic carbocycles. The number of aryl methyl sites for hydroxylation is 1. The Hall–Kier alpha value is -1.81. The number of halogens is 2. The molecule has 0 radical (unpaired) electrons. The number of aromatic nitrogens is 1. The van der Waals surface area contributed by atoms with E-state index in [9.17, 15) is 13.9 Å². The molecular formula is C15H15F2NO. The van der Waals surface area contributed by atoms with Crippen LogP contribution in [0.5, 0.6) is 0 Å². The first kappa shape index (κ1) is 13.6. The van der Waals surface area contributed by atoms with E-state index in [0.717, 1.165) is 6.20 Å². The van der Waals surface area contributed by atoms with Crippen LogP contribution in [0.25, 0.3) is 0 Å². The predicted molar refractivity (Wildman–Crippen MR) is 68.6 cm³/mol. The summed E-state index contributed by atoms with van der Waals surface area (Å²) in [5.74, 6) is -0.887. The molecule has 100 valence electrons. The Bertz CT molecular complexity index is 563. The molecule has 0 amide bonds. The molecule has 0 aliphatic heterocycles. The van der Waals surface area contributed by atoms with Gasteiger partial charge in [-0.25, -0.2) is 8.78 Å². The number of hydrogen-bond donors (Lipinski definition) is 1. The Balaban J connectivity index is 2.55. The maximum absolute atomic E-state index is 13.5. The number of nitrogens with zero attached hydrogens (tertiary/aromatic N) is 1. The van der Waals surface area contributed by atoms with Gasteiger partial charge in [0.1, 0.15) is 17.2 Å². The van der Waals surface area contributed by atoms with Gasteiger partial charge in [-0.1, -0.05) is 13.0 Å². The fourth-order valence-electron chi connectivity index (χ4n) is 2.13. The molecule has 2 aromatic rings. The smallest absolute Gasteiger partial charge is 0.141 e. The molecule has 0 saturated heterocycles. The fourth-order valence-corrected chi connectivity index (χ4v) is 2.13. The molecule has 0 spiro atoms. The van der Waals surface area contributed by atoms with Gasteiger partial charge in [0.05, 0.1) is 11.9 Å². The van der Waals surface area contributed by atoms with Crippen molar-refractivity contribution in [2.24, 2.45) is 0 Å². The summed E-state index contributed by atoms with van der Waals surface area (Å²) in [6.07, 6.45) is 1.36. The number of pyridine rings is 1. The SMILES string of the molecule is CCC(O)(c1cc(C)cc(F)c1)c1ccc(F)cn1. The maximum Gasteiger partial charge on any atom is 0.141 e. The Morgan fingerprint density at radius 1 is 1.16 bits per heavy atom. The third kappa shape index (κ3) is 2.63. The van der Waals surface area contributed by atoms with Gasteiger partial charge in [-0.2, -0.15) is 0 Å². The fraction of sp³-hybridized carbons (Fsp3) is 0.267. The molecule has 4 heteroatoms. The van der Waals surface area contributed by atoms with Gasteiger partial charge in [0, 0.05) is 0 Å². The lowest BCUT2D eigenvalue weighted by atomic mass is 9.86. The molecule has 1 atom stereocenters. The second kappa shape index (κ2) is 5.05. The minimum Gasteiger partial charge on any atom is -0.379 e. The second-order valence-corrected chi connectivity index (χ2v) is 4.59. The van der Waals surface area contributed by atoms with Crippen molar-refractivity contribution in [3.05, 3.63) is 65.0 Å². The first-order valence-corrected chi connectivity index (χ1v) is 6.08. The minimum atomic E-state index is -1.42. The standard InChI is InChI=1S/C15H15F2NO/c1-3-15(19,14-5-4-12(16)9-18-14)11-6-10(2)7-13(17)8-11/h4-9,19H,3H2,1-2H3. The minimum absolute atomic E-state index is 0.307. The Morgan fingerprint density at radius 2 is 1.89 bits per heavy atom. The normalized spacial score (nSPS) is 14.2. The first-order valence-electron chi connectivity index (χ1n) is 6.08. The summed E-state index contributed by atoms with van der Waals surface area (Å²) in [5.41, 5.74) is 0.0256. The van der Waals surface area contributed by atoms with Crippen LogP contribution in [0.15, 0.2) is 36.5 Å². The average molecular weight is 263 g/mol. The zero-order chi connectivity index (χ0) is 14.0. The van der Waals surface area contributed by atoms with Crippen molar-refractivity contribution in [1.82, 2.24) is 4.98 Å². The highest BCUT2D eigenvalue weighted by Crippen LogP contribution is 2.32. The quantitative estimate of drug-likeness (QED) is 0.921. The predicted octanol–water partition coefficient (Wildman–Crippen LogP) is 3.31. The molecule has 0 aliphatic rings. The second-order valence-electron chi connectivity index (χ2n) is 4.59. The molecule has 1 aromatic heterocycles. The number of hydrogen-bond acceptors (Lipinski definition) is 2. The zero-order valence-corrected chi connectivity index (χ0v) is 10.8. The van der Waals surface area contributed by atoms with E-state index in [1.165, 1.54) is 24.3 Å². The Kier molecular flexibility index (Phi) is 3.62. The van der Waals surface area contributed by atoms with E-state index in [1.54, 1.807) is 19.9 Å². The molecule has 1 heterocycles. The summed E-state index contributed by atoms with van der Waals surface area (Å²) in [6, 6.07) is 7.02. The molecule has 0 bridgehead atoms. The van der Waals surface area contributed by atoms with Crippen molar-refractivity contribution in [2.45, 2.75) is 25.9 Å². The molecule has 19 heavy (non-hydrogen) atoms. The monoisotopic (exact) mass is 263 g/mol. The van der Waals surface area contributed by atoms with Crippen LogP contribution in [-0.4, -0.2) is 10.1 Å². The summed E-state index contributed by atoms with van der Waals surface area (Å²) in [5, 5.41) is 10.8. The van der Waals surface area contributed by atoms with Gasteiger partial charge >= 0.3 is 0 Å². The van der Waals surface area contributed by atoms with Crippen LogP contribution < -0.4 is 0 Å². The van der Waals surface area contributed by atoms with Crippen molar-refractivity contribution in [2.75, 3.05) is 0 Å². The lowest BCUT2D eigenvalue weighted by Crippen LogP contribution is -2.28. The van der Waals surface area contributed by atoms with Crippen molar-refractivity contribution >= 4 is 0 Å². The molecule has 2 nitrogen and oxygen atoms in total. The van der Waals surface area contributed by atoms with E-state index >= 15 is 0 Å². The third-order valence-corrected chi connectivity index (χ3v) is 3.18. The Labute approximate surface area is 110 Å². The molecule has 0 saturated carbocycles. The van der Waals surface area contributed by atoms with Crippen LogP contribution in [0.3, 0.4) is 0 Å². The van der Waals surface area contributed by atoms with Gasteiger partial charge in [-0.05, 0) is 48.7 Å². The van der Waals surface area contributed by atoms with Crippen LogP contribution in [0.4, 0.5) is 8.78 Å². The summed E-state index contributed by atoms with van der Waals surface area (Å²) in [4.78, 5) is 3.91. The van der Waals surface area contributed by atoms with Crippen LogP contribution in [0.2, 0.25) is 0 Å². The molecule has 1 unspecified atom stereocenters. The highest BCUT2D eigenvalue weighted by atomic mass is 19.1. The van der Waals surface area contributed by atoms with Crippen LogP contribution in [0.1, 0.15) is 30.2 Å². The van der Waals surface area contributed by atoms with Gasteiger partial charge in [0.15, 0.2) is 0 Å². The van der Waals surface area contributed by atoms with E-state index in [4.69, 9.17) is 0 Å². The van der Waals surface area contributed by atoms with Gasteiger partial charge < -0.3 is 5.11 Å². The number of aliphatic hydroxyl groups is 1. The number of rotatable bonds is 3. The lowest BCUT2D eigenvalue weighted by Gasteiger charge is -2.27. The van der Waals surface area contributed by atoms with E-state index in [2.05, 4.69) is 4.98 Å². The summed E-state index contributed by atoms with van der Waals surface area (Å²) in [6.45, 7) is 3.52. The summed E-state index contributed by atoms with van der Waals surface area (Å²) < 4.78 is 26.4. The lowest BCUT2D eigenvalue weighted by molar-refractivity contribution is 0.0714. The third-order valence-electron chi connectivity index (χ3n) is 3.18. The molecule has 2 rings (SSSR count). The van der Waals surface area contributed by atoms with Crippen LogP contribution in [0, 0.1) is 18.6 Å². The van der Waals surface area contributed by atoms with Gasteiger partial charge in [-0.15, -0.1) is 0 Å². The largest absolute Gasteiger partial charge is 0.379 e. The summed E-state index contributed by atoms with van der Waals surface area (Å²) >= 11 is 0. The van der Waals surface area contributed by atoms with Crippen LogP contribution in [-0.2, 0) is 5.60 Å². The van der Waals surface area contributed by atoms with Gasteiger partial charge in [0.2, 0.25) is 0 Å². The van der Waals surface area contributed by atoms with Gasteiger partial charge in [0.25, 0.3) is 0 Å². The van der Waals surface area contributed by atoms with Crippen LogP contribution >= 0.6 is 0 Å². The van der Waals surface area contributed by atoms with Crippen molar-refractivity contribution in [3.8, 4) is 0 Å². The van der Waals surface area contributed by atoms with Gasteiger partial charge in [-0.3, -0.25) is 4.98 Å². The average Bonchev–Trinajstić information content (AvgIpc) is 2.37.